The van der Waals surface area contributed by atoms with E-state index in [1.54, 1.807) is 6.07 Å². The molecule has 34 heavy (non-hydrogen) atoms. The maximum atomic E-state index is 12.7. The highest BCUT2D eigenvalue weighted by Gasteiger charge is 2.13. The largest absolute Gasteiger partial charge is 0.350 e. The zero-order valence-electron chi connectivity index (χ0n) is 19.1. The second-order valence-corrected chi connectivity index (χ2v) is 8.79. The number of amides is 1. The first-order chi connectivity index (χ1) is 16.7. The standard InChI is InChI=1S/C28H28N4O2/c33-27(20-32-26-10-4-3-9-25(26)29-18-28(32)34)30-17-23-7-1-2-8-24(23)22-13-11-21(12-14-22)19-31-15-5-6-16-31/h1-4,7-14,18H,5-6,15-17,19-20H2,(H,30,33). The van der Waals surface area contributed by atoms with Gasteiger partial charge in [-0.3, -0.25) is 19.1 Å². The Labute approximate surface area is 198 Å². The van der Waals surface area contributed by atoms with Gasteiger partial charge in [0.05, 0.1) is 17.2 Å². The molecule has 1 N–H and O–H groups in total. The average Bonchev–Trinajstić information content (AvgIpc) is 3.38. The molecular formula is C28H28N4O2. The molecule has 1 aliphatic rings. The molecule has 0 saturated carbocycles. The Kier molecular flexibility index (Phi) is 6.49. The van der Waals surface area contributed by atoms with E-state index in [1.165, 1.54) is 42.3 Å². The molecule has 0 spiro atoms. The zero-order valence-corrected chi connectivity index (χ0v) is 19.1. The number of fused-ring (bicyclic) bond motifs is 1. The number of nitrogens with zero attached hydrogens (tertiary/aromatic N) is 3. The number of benzene rings is 3. The van der Waals surface area contributed by atoms with Crippen LogP contribution in [0.15, 0.2) is 83.8 Å². The molecule has 5 rings (SSSR count). The van der Waals surface area contributed by atoms with Gasteiger partial charge in [0.2, 0.25) is 5.91 Å². The lowest BCUT2D eigenvalue weighted by Gasteiger charge is -2.15. The van der Waals surface area contributed by atoms with Crippen LogP contribution in [-0.4, -0.2) is 33.4 Å². The summed E-state index contributed by atoms with van der Waals surface area (Å²) in [6.07, 6.45) is 3.85. The molecule has 1 amide bonds. The number of hydrogen-bond acceptors (Lipinski definition) is 4. The monoisotopic (exact) mass is 452 g/mol. The molecule has 1 aliphatic heterocycles. The Balaban J connectivity index is 1.28. The lowest BCUT2D eigenvalue weighted by Crippen LogP contribution is -2.32. The molecule has 6 heteroatoms. The topological polar surface area (TPSA) is 67.2 Å². The van der Waals surface area contributed by atoms with Crippen LogP contribution in [0.4, 0.5) is 0 Å². The van der Waals surface area contributed by atoms with E-state index in [4.69, 9.17) is 0 Å². The third kappa shape index (κ3) is 4.92. The van der Waals surface area contributed by atoms with Crippen LogP contribution in [0.3, 0.4) is 0 Å². The third-order valence-corrected chi connectivity index (χ3v) is 6.42. The summed E-state index contributed by atoms with van der Waals surface area (Å²) in [7, 11) is 0. The number of carbonyl (C=O) groups excluding carboxylic acids is 1. The van der Waals surface area contributed by atoms with Gasteiger partial charge in [-0.05, 0) is 60.3 Å². The Morgan fingerprint density at radius 3 is 2.47 bits per heavy atom. The molecule has 0 unspecified atom stereocenters. The van der Waals surface area contributed by atoms with Crippen LogP contribution in [0, 0.1) is 0 Å². The number of likely N-dealkylation sites (tertiary alicyclic amines) is 1. The van der Waals surface area contributed by atoms with Crippen LogP contribution in [0.25, 0.3) is 22.2 Å². The Morgan fingerprint density at radius 2 is 1.65 bits per heavy atom. The molecular weight excluding hydrogens is 424 g/mol. The molecule has 1 saturated heterocycles. The smallest absolute Gasteiger partial charge is 0.269 e. The molecule has 0 aliphatic carbocycles. The number of carbonyl (C=O) groups is 1. The van der Waals surface area contributed by atoms with Crippen molar-refractivity contribution in [1.82, 2.24) is 19.8 Å². The number of aromatic nitrogens is 2. The van der Waals surface area contributed by atoms with Crippen molar-refractivity contribution in [2.24, 2.45) is 0 Å². The van der Waals surface area contributed by atoms with E-state index in [0.29, 0.717) is 17.6 Å². The average molecular weight is 453 g/mol. The van der Waals surface area contributed by atoms with Gasteiger partial charge in [0, 0.05) is 13.1 Å². The molecule has 0 atom stereocenters. The van der Waals surface area contributed by atoms with Crippen LogP contribution in [0.2, 0.25) is 0 Å². The maximum absolute atomic E-state index is 12.7. The predicted octanol–water partition coefficient (Wildman–Crippen LogP) is 3.98. The molecule has 3 aromatic carbocycles. The summed E-state index contributed by atoms with van der Waals surface area (Å²) in [4.78, 5) is 31.7. The fourth-order valence-electron chi connectivity index (χ4n) is 4.62. The maximum Gasteiger partial charge on any atom is 0.269 e. The fraction of sp³-hybridized carbons (Fsp3) is 0.250. The van der Waals surface area contributed by atoms with E-state index >= 15 is 0 Å². The molecule has 0 radical (unpaired) electrons. The van der Waals surface area contributed by atoms with E-state index in [1.807, 2.05) is 36.4 Å². The second-order valence-electron chi connectivity index (χ2n) is 8.79. The Hall–Kier alpha value is -3.77. The van der Waals surface area contributed by atoms with E-state index in [2.05, 4.69) is 45.5 Å². The van der Waals surface area contributed by atoms with E-state index < -0.39 is 0 Å². The summed E-state index contributed by atoms with van der Waals surface area (Å²) in [6.45, 7) is 3.72. The molecule has 172 valence electrons. The minimum atomic E-state index is -0.289. The van der Waals surface area contributed by atoms with Crippen LogP contribution < -0.4 is 10.9 Å². The molecule has 0 bridgehead atoms. The highest BCUT2D eigenvalue weighted by molar-refractivity contribution is 5.80. The highest BCUT2D eigenvalue weighted by atomic mass is 16.2. The Morgan fingerprint density at radius 1 is 0.912 bits per heavy atom. The van der Waals surface area contributed by atoms with Gasteiger partial charge >= 0.3 is 0 Å². The van der Waals surface area contributed by atoms with Crippen LogP contribution in [-0.2, 0) is 24.4 Å². The minimum Gasteiger partial charge on any atom is -0.350 e. The SMILES string of the molecule is O=C(Cn1c(=O)cnc2ccccc21)NCc1ccccc1-c1ccc(CN2CCCC2)cc1. The number of hydrogen-bond donors (Lipinski definition) is 1. The molecule has 4 aromatic rings. The van der Waals surface area contributed by atoms with Gasteiger partial charge in [-0.2, -0.15) is 0 Å². The van der Waals surface area contributed by atoms with Gasteiger partial charge in [-0.15, -0.1) is 0 Å². The molecule has 1 aromatic heterocycles. The van der Waals surface area contributed by atoms with Crippen molar-refractivity contribution in [2.75, 3.05) is 13.1 Å². The van der Waals surface area contributed by atoms with Gasteiger partial charge in [0.1, 0.15) is 6.54 Å². The van der Waals surface area contributed by atoms with Crippen molar-refractivity contribution >= 4 is 16.9 Å². The van der Waals surface area contributed by atoms with Crippen molar-refractivity contribution in [3.63, 3.8) is 0 Å². The number of nitrogens with one attached hydrogen (secondary N) is 1. The minimum absolute atomic E-state index is 0.0464. The molecule has 2 heterocycles. The van der Waals surface area contributed by atoms with Crippen molar-refractivity contribution < 1.29 is 4.79 Å². The summed E-state index contributed by atoms with van der Waals surface area (Å²) in [5.41, 5.74) is 5.64. The van der Waals surface area contributed by atoms with Crippen molar-refractivity contribution in [3.05, 3.63) is 100 Å². The normalized spacial score (nSPS) is 13.9. The van der Waals surface area contributed by atoms with Crippen molar-refractivity contribution in [1.29, 1.82) is 0 Å². The van der Waals surface area contributed by atoms with Crippen molar-refractivity contribution in [3.8, 4) is 11.1 Å². The number of rotatable bonds is 7. The quantitative estimate of drug-likeness (QED) is 0.461. The zero-order chi connectivity index (χ0) is 23.3. The first-order valence-corrected chi connectivity index (χ1v) is 11.8. The summed E-state index contributed by atoms with van der Waals surface area (Å²) in [5, 5.41) is 2.98. The second kappa shape index (κ2) is 10.0. The first-order valence-electron chi connectivity index (χ1n) is 11.8. The molecule has 6 nitrogen and oxygen atoms in total. The van der Waals surface area contributed by atoms with E-state index in [9.17, 15) is 9.59 Å². The molecule has 1 fully saturated rings. The van der Waals surface area contributed by atoms with Crippen molar-refractivity contribution in [2.45, 2.75) is 32.5 Å². The van der Waals surface area contributed by atoms with Crippen LogP contribution in [0.5, 0.6) is 0 Å². The van der Waals surface area contributed by atoms with Gasteiger partial charge in [-0.1, -0.05) is 60.7 Å². The van der Waals surface area contributed by atoms with Crippen LogP contribution >= 0.6 is 0 Å². The van der Waals surface area contributed by atoms with Gasteiger partial charge < -0.3 is 5.32 Å². The van der Waals surface area contributed by atoms with Gasteiger partial charge in [0.25, 0.3) is 5.56 Å². The third-order valence-electron chi connectivity index (χ3n) is 6.42. The summed E-state index contributed by atoms with van der Waals surface area (Å²) >= 11 is 0. The summed E-state index contributed by atoms with van der Waals surface area (Å²) in [5.74, 6) is -0.214. The van der Waals surface area contributed by atoms with Gasteiger partial charge in [-0.25, -0.2) is 4.98 Å². The lowest BCUT2D eigenvalue weighted by atomic mass is 9.98. The van der Waals surface area contributed by atoms with E-state index in [0.717, 1.165) is 23.2 Å². The predicted molar refractivity (Wildman–Crippen MR) is 134 cm³/mol. The highest BCUT2D eigenvalue weighted by Crippen LogP contribution is 2.25. The Bertz CT molecular complexity index is 1350. The fourth-order valence-corrected chi connectivity index (χ4v) is 4.62. The van der Waals surface area contributed by atoms with Gasteiger partial charge in [0.15, 0.2) is 0 Å². The first kappa shape index (κ1) is 22.0. The lowest BCUT2D eigenvalue weighted by molar-refractivity contribution is -0.121. The summed E-state index contributed by atoms with van der Waals surface area (Å²) in [6, 6.07) is 24.2. The number of para-hydroxylation sites is 2. The van der Waals surface area contributed by atoms with E-state index in [-0.39, 0.29) is 18.0 Å². The van der Waals surface area contributed by atoms with Crippen LogP contribution in [0.1, 0.15) is 24.0 Å². The summed E-state index contributed by atoms with van der Waals surface area (Å²) < 4.78 is 1.46.